The van der Waals surface area contributed by atoms with Gasteiger partial charge >= 0.3 is 0 Å². The first kappa shape index (κ1) is 10.7. The number of hydrogen-bond acceptors (Lipinski definition) is 3. The van der Waals surface area contributed by atoms with Crippen LogP contribution >= 0.6 is 0 Å². The lowest BCUT2D eigenvalue weighted by molar-refractivity contribution is 0.469. The summed E-state index contributed by atoms with van der Waals surface area (Å²) >= 11 is 0. The van der Waals surface area contributed by atoms with E-state index >= 15 is 0 Å². The third-order valence-electron chi connectivity index (χ3n) is 3.99. The number of nitrogens with two attached hydrogens (primary N) is 1. The summed E-state index contributed by atoms with van der Waals surface area (Å²) in [6.45, 7) is 0.765. The first-order chi connectivity index (χ1) is 8.31. The molecule has 2 aromatic rings. The fourth-order valence-corrected chi connectivity index (χ4v) is 3.03. The average molecular weight is 230 g/mol. The van der Waals surface area contributed by atoms with Gasteiger partial charge in [0.2, 0.25) is 0 Å². The van der Waals surface area contributed by atoms with Crippen molar-refractivity contribution < 1.29 is 0 Å². The Bertz CT molecular complexity index is 531. The molecule has 2 atom stereocenters. The number of fused-ring (bicyclic) bond motifs is 1. The third-order valence-corrected chi connectivity index (χ3v) is 3.99. The molecule has 0 aliphatic heterocycles. The molecule has 1 aliphatic rings. The van der Waals surface area contributed by atoms with Crippen molar-refractivity contribution in [3.63, 3.8) is 0 Å². The van der Waals surface area contributed by atoms with E-state index in [0.717, 1.165) is 23.5 Å². The smallest absolute Gasteiger partial charge is 0.177 e. The molecule has 2 heterocycles. The van der Waals surface area contributed by atoms with E-state index in [4.69, 9.17) is 5.73 Å². The average Bonchev–Trinajstić information content (AvgIpc) is 2.94. The van der Waals surface area contributed by atoms with Crippen molar-refractivity contribution in [1.29, 1.82) is 0 Å². The van der Waals surface area contributed by atoms with Crippen LogP contribution in [0.3, 0.4) is 0 Å². The summed E-state index contributed by atoms with van der Waals surface area (Å²) in [6.07, 6.45) is 5.51. The van der Waals surface area contributed by atoms with Crippen LogP contribution in [0.15, 0.2) is 18.3 Å². The summed E-state index contributed by atoms with van der Waals surface area (Å²) in [7, 11) is 2.08. The molecule has 4 nitrogen and oxygen atoms in total. The van der Waals surface area contributed by atoms with E-state index in [1.807, 2.05) is 6.07 Å². The molecule has 1 aliphatic carbocycles. The molecule has 0 spiro atoms. The highest BCUT2D eigenvalue weighted by atomic mass is 15.1. The number of aryl methyl sites for hydroxylation is 1. The van der Waals surface area contributed by atoms with Crippen LogP contribution in [0.4, 0.5) is 0 Å². The Morgan fingerprint density at radius 3 is 3.12 bits per heavy atom. The summed E-state index contributed by atoms with van der Waals surface area (Å²) in [5.74, 6) is 2.26. The molecule has 2 N–H and O–H groups in total. The predicted octanol–water partition coefficient (Wildman–Crippen LogP) is 1.81. The highest BCUT2D eigenvalue weighted by Crippen LogP contribution is 2.38. The second kappa shape index (κ2) is 4.11. The van der Waals surface area contributed by atoms with Gasteiger partial charge in [-0.05, 0) is 37.4 Å². The van der Waals surface area contributed by atoms with Crippen molar-refractivity contribution in [2.24, 2.45) is 18.7 Å². The Hall–Kier alpha value is -1.42. The molecule has 0 aromatic carbocycles. The number of pyridine rings is 1. The van der Waals surface area contributed by atoms with Crippen molar-refractivity contribution in [1.82, 2.24) is 14.5 Å². The third kappa shape index (κ3) is 1.63. The van der Waals surface area contributed by atoms with Gasteiger partial charge < -0.3 is 10.3 Å². The molecule has 4 heteroatoms. The quantitative estimate of drug-likeness (QED) is 0.856. The van der Waals surface area contributed by atoms with Gasteiger partial charge in [0.25, 0.3) is 0 Å². The predicted molar refractivity (Wildman–Crippen MR) is 67.6 cm³/mol. The van der Waals surface area contributed by atoms with E-state index in [0.29, 0.717) is 11.8 Å². The molecule has 17 heavy (non-hydrogen) atoms. The first-order valence-electron chi connectivity index (χ1n) is 6.28. The maximum Gasteiger partial charge on any atom is 0.177 e. The number of imidazole rings is 1. The SMILES string of the molecule is Cn1c(C2CCCC2CN)nc2ncccc21. The zero-order chi connectivity index (χ0) is 11.8. The molecule has 0 saturated heterocycles. The Balaban J connectivity index is 2.08. The van der Waals surface area contributed by atoms with Gasteiger partial charge in [0, 0.05) is 19.2 Å². The Kier molecular flexibility index (Phi) is 2.59. The van der Waals surface area contributed by atoms with Gasteiger partial charge in [-0.1, -0.05) is 6.42 Å². The number of nitrogens with zero attached hydrogens (tertiary/aromatic N) is 3. The van der Waals surface area contributed by atoms with E-state index in [2.05, 4.69) is 27.6 Å². The Morgan fingerprint density at radius 1 is 1.47 bits per heavy atom. The lowest BCUT2D eigenvalue weighted by Gasteiger charge is -2.17. The standard InChI is InChI=1S/C13H18N4/c1-17-11-6-3-7-15-12(11)16-13(17)10-5-2-4-9(10)8-14/h3,6-7,9-10H,2,4-5,8,14H2,1H3. The van der Waals surface area contributed by atoms with Gasteiger partial charge in [-0.25, -0.2) is 9.97 Å². The van der Waals surface area contributed by atoms with Crippen molar-refractivity contribution in [3.05, 3.63) is 24.2 Å². The van der Waals surface area contributed by atoms with Gasteiger partial charge in [0.05, 0.1) is 5.52 Å². The molecule has 1 saturated carbocycles. The fourth-order valence-electron chi connectivity index (χ4n) is 3.03. The van der Waals surface area contributed by atoms with Crippen molar-refractivity contribution in [2.45, 2.75) is 25.2 Å². The van der Waals surface area contributed by atoms with Crippen molar-refractivity contribution in [3.8, 4) is 0 Å². The van der Waals surface area contributed by atoms with Gasteiger partial charge in [-0.2, -0.15) is 0 Å². The van der Waals surface area contributed by atoms with Gasteiger partial charge in [0.1, 0.15) is 5.82 Å². The molecular weight excluding hydrogens is 212 g/mol. The molecule has 2 aromatic heterocycles. The van der Waals surface area contributed by atoms with Crippen LogP contribution < -0.4 is 5.73 Å². The van der Waals surface area contributed by atoms with Crippen LogP contribution in [0, 0.1) is 5.92 Å². The molecular formula is C13H18N4. The van der Waals surface area contributed by atoms with Crippen LogP contribution in [0.25, 0.3) is 11.2 Å². The second-order valence-corrected chi connectivity index (χ2v) is 4.91. The van der Waals surface area contributed by atoms with Crippen LogP contribution in [-0.4, -0.2) is 21.1 Å². The second-order valence-electron chi connectivity index (χ2n) is 4.91. The van der Waals surface area contributed by atoms with E-state index in [-0.39, 0.29) is 0 Å². The van der Waals surface area contributed by atoms with Gasteiger partial charge in [0.15, 0.2) is 5.65 Å². The summed E-state index contributed by atoms with van der Waals surface area (Å²) in [6, 6.07) is 4.04. The lowest BCUT2D eigenvalue weighted by Crippen LogP contribution is -2.19. The molecule has 0 bridgehead atoms. The summed E-state index contributed by atoms with van der Waals surface area (Å²) < 4.78 is 2.18. The molecule has 0 radical (unpaired) electrons. The topological polar surface area (TPSA) is 56.7 Å². The molecule has 3 rings (SSSR count). The van der Waals surface area contributed by atoms with E-state index in [9.17, 15) is 0 Å². The Labute approximate surface area is 101 Å². The summed E-state index contributed by atoms with van der Waals surface area (Å²) in [5.41, 5.74) is 7.82. The van der Waals surface area contributed by atoms with Gasteiger partial charge in [-0.3, -0.25) is 0 Å². The molecule has 2 unspecified atom stereocenters. The van der Waals surface area contributed by atoms with E-state index < -0.39 is 0 Å². The fraction of sp³-hybridized carbons (Fsp3) is 0.538. The Morgan fingerprint density at radius 2 is 2.35 bits per heavy atom. The molecule has 90 valence electrons. The maximum atomic E-state index is 5.85. The monoisotopic (exact) mass is 230 g/mol. The van der Waals surface area contributed by atoms with Crippen LogP contribution in [0.2, 0.25) is 0 Å². The minimum absolute atomic E-state index is 0.513. The largest absolute Gasteiger partial charge is 0.330 e. The van der Waals surface area contributed by atoms with Crippen LogP contribution in [0.1, 0.15) is 31.0 Å². The number of hydrogen-bond donors (Lipinski definition) is 1. The molecule has 0 amide bonds. The highest BCUT2D eigenvalue weighted by molar-refractivity contribution is 5.71. The maximum absolute atomic E-state index is 5.85. The van der Waals surface area contributed by atoms with Crippen molar-refractivity contribution in [2.75, 3.05) is 6.54 Å². The number of aromatic nitrogens is 3. The summed E-state index contributed by atoms with van der Waals surface area (Å²) in [5, 5.41) is 0. The zero-order valence-electron chi connectivity index (χ0n) is 10.1. The minimum Gasteiger partial charge on any atom is -0.330 e. The van der Waals surface area contributed by atoms with E-state index in [1.54, 1.807) is 6.20 Å². The van der Waals surface area contributed by atoms with Crippen LogP contribution in [0.5, 0.6) is 0 Å². The van der Waals surface area contributed by atoms with Gasteiger partial charge in [-0.15, -0.1) is 0 Å². The van der Waals surface area contributed by atoms with Crippen molar-refractivity contribution >= 4 is 11.2 Å². The van der Waals surface area contributed by atoms with E-state index in [1.165, 1.54) is 19.3 Å². The first-order valence-corrected chi connectivity index (χ1v) is 6.28. The van der Waals surface area contributed by atoms with Crippen LogP contribution in [-0.2, 0) is 7.05 Å². The highest BCUT2D eigenvalue weighted by Gasteiger charge is 2.31. The lowest BCUT2D eigenvalue weighted by atomic mass is 9.95. The molecule has 1 fully saturated rings. The number of rotatable bonds is 2. The summed E-state index contributed by atoms with van der Waals surface area (Å²) in [4.78, 5) is 9.01. The normalized spacial score (nSPS) is 24.6. The minimum atomic E-state index is 0.513. The zero-order valence-corrected chi connectivity index (χ0v) is 10.1.